The molecule has 11 heteroatoms. The predicted octanol–water partition coefficient (Wildman–Crippen LogP) is 4.04. The smallest absolute Gasteiger partial charge is 0.248 e. The van der Waals surface area contributed by atoms with E-state index in [1.165, 1.54) is 39.3 Å². The highest BCUT2D eigenvalue weighted by Crippen LogP contribution is 2.50. The van der Waals surface area contributed by atoms with E-state index in [2.05, 4.69) is 16.0 Å². The molecule has 0 radical (unpaired) electrons. The summed E-state index contributed by atoms with van der Waals surface area (Å²) < 4.78 is 17.1. The molecule has 0 fully saturated rings. The predicted molar refractivity (Wildman–Crippen MR) is 169 cm³/mol. The van der Waals surface area contributed by atoms with Crippen LogP contribution in [0.25, 0.3) is 11.1 Å². The molecule has 232 valence electrons. The molecule has 0 bridgehead atoms. The Morgan fingerprint density at radius 3 is 2.18 bits per heavy atom. The van der Waals surface area contributed by atoms with Crippen molar-refractivity contribution < 1.29 is 28.6 Å². The molecule has 3 amide bonds. The maximum absolute atomic E-state index is 13.7. The van der Waals surface area contributed by atoms with E-state index in [1.807, 2.05) is 19.9 Å². The van der Waals surface area contributed by atoms with Crippen molar-refractivity contribution in [3.8, 4) is 28.4 Å². The van der Waals surface area contributed by atoms with E-state index < -0.39 is 18.0 Å². The molecule has 0 saturated carbocycles. The van der Waals surface area contributed by atoms with Crippen molar-refractivity contribution in [3.05, 3.63) is 75.4 Å². The van der Waals surface area contributed by atoms with Crippen LogP contribution in [0.5, 0.6) is 17.2 Å². The lowest BCUT2D eigenvalue weighted by molar-refractivity contribution is -0.120. The minimum atomic E-state index is -0.780. The van der Waals surface area contributed by atoms with E-state index in [9.17, 15) is 19.2 Å². The van der Waals surface area contributed by atoms with E-state index in [-0.39, 0.29) is 28.8 Å². The van der Waals surface area contributed by atoms with Gasteiger partial charge in [-0.25, -0.2) is 0 Å². The molecule has 5 N–H and O–H groups in total. The Hall–Kier alpha value is -5.06. The fourth-order valence-corrected chi connectivity index (χ4v) is 5.47. The maximum Gasteiger partial charge on any atom is 0.248 e. The first kappa shape index (κ1) is 31.9. The lowest BCUT2D eigenvalue weighted by atomic mass is 9.95. The standard InChI is InChI=1S/C33H38N4O7/c1-17(2)29(33(41)36-21-10-7-19(8-11-21)32(34)40)37-25-14-12-22-23(16-26(25)39)24(35-18(3)38)13-9-20-15-27(42-4)30(43-5)31(44-6)28(20)22/h7-8,10-12,14-17,24,29H,9,13H2,1-6H3,(H2,34,40)(H,35,38)(H,36,41)(H,37,39)/t24-,29-/m1/s1. The molecule has 44 heavy (non-hydrogen) atoms. The Morgan fingerprint density at radius 2 is 1.61 bits per heavy atom. The molecule has 0 spiro atoms. The summed E-state index contributed by atoms with van der Waals surface area (Å²) in [5, 5.41) is 8.97. The zero-order chi connectivity index (χ0) is 32.1. The number of carbonyl (C=O) groups is 3. The quantitative estimate of drug-likeness (QED) is 0.271. The number of rotatable bonds is 10. The van der Waals surface area contributed by atoms with Crippen LogP contribution >= 0.6 is 0 Å². The van der Waals surface area contributed by atoms with Gasteiger partial charge in [-0.1, -0.05) is 19.9 Å². The second-order valence-electron chi connectivity index (χ2n) is 10.9. The topological polar surface area (TPSA) is 158 Å². The molecule has 3 aromatic carbocycles. The molecule has 4 rings (SSSR count). The van der Waals surface area contributed by atoms with Gasteiger partial charge < -0.3 is 35.9 Å². The van der Waals surface area contributed by atoms with Crippen LogP contribution in [0.1, 0.15) is 54.7 Å². The monoisotopic (exact) mass is 602 g/mol. The van der Waals surface area contributed by atoms with Crippen LogP contribution in [-0.4, -0.2) is 45.1 Å². The summed E-state index contributed by atoms with van der Waals surface area (Å²) in [6.45, 7) is 5.17. The third-order valence-corrected chi connectivity index (χ3v) is 7.61. The minimum absolute atomic E-state index is 0.202. The van der Waals surface area contributed by atoms with Crippen LogP contribution in [0.2, 0.25) is 0 Å². The van der Waals surface area contributed by atoms with Gasteiger partial charge in [-0.2, -0.15) is 0 Å². The molecule has 2 atom stereocenters. The van der Waals surface area contributed by atoms with Crippen molar-refractivity contribution in [1.82, 2.24) is 5.32 Å². The van der Waals surface area contributed by atoms with Crippen LogP contribution < -0.4 is 41.3 Å². The second-order valence-corrected chi connectivity index (χ2v) is 10.9. The van der Waals surface area contributed by atoms with Gasteiger partial charge in [0.2, 0.25) is 28.9 Å². The van der Waals surface area contributed by atoms with Crippen molar-refractivity contribution in [3.63, 3.8) is 0 Å². The second kappa shape index (κ2) is 13.5. The fourth-order valence-electron chi connectivity index (χ4n) is 5.47. The Kier molecular flexibility index (Phi) is 9.77. The highest BCUT2D eigenvalue weighted by molar-refractivity contribution is 5.98. The number of carbonyl (C=O) groups excluding carboxylic acids is 3. The Labute approximate surface area is 256 Å². The molecule has 1 aliphatic carbocycles. The van der Waals surface area contributed by atoms with E-state index in [0.29, 0.717) is 52.5 Å². The van der Waals surface area contributed by atoms with E-state index in [1.54, 1.807) is 31.4 Å². The lowest BCUT2D eigenvalue weighted by Gasteiger charge is -2.22. The summed E-state index contributed by atoms with van der Waals surface area (Å²) in [7, 11) is 4.61. The van der Waals surface area contributed by atoms with Gasteiger partial charge >= 0.3 is 0 Å². The third-order valence-electron chi connectivity index (χ3n) is 7.61. The van der Waals surface area contributed by atoms with Gasteiger partial charge in [0.15, 0.2) is 11.5 Å². The summed E-state index contributed by atoms with van der Waals surface area (Å²) in [6.07, 6.45) is 1.10. The molecular formula is C33H38N4O7. The number of aryl methyl sites for hydroxylation is 1. The zero-order valence-corrected chi connectivity index (χ0v) is 25.7. The molecule has 11 nitrogen and oxygen atoms in total. The van der Waals surface area contributed by atoms with Gasteiger partial charge in [0.1, 0.15) is 6.04 Å². The van der Waals surface area contributed by atoms with Gasteiger partial charge in [0.05, 0.1) is 33.1 Å². The lowest BCUT2D eigenvalue weighted by Crippen LogP contribution is -2.39. The first-order valence-corrected chi connectivity index (χ1v) is 14.2. The number of methoxy groups -OCH3 is 3. The summed E-state index contributed by atoms with van der Waals surface area (Å²) >= 11 is 0. The maximum atomic E-state index is 13.7. The first-order chi connectivity index (χ1) is 21.0. The number of primary amides is 1. The van der Waals surface area contributed by atoms with Gasteiger partial charge in [0, 0.05) is 23.7 Å². The number of hydrogen-bond donors (Lipinski definition) is 4. The van der Waals surface area contributed by atoms with Crippen LogP contribution in [0, 0.1) is 5.92 Å². The van der Waals surface area contributed by atoms with Gasteiger partial charge in [-0.3, -0.25) is 19.2 Å². The SMILES string of the molecule is COc1cc2c(c(OC)c1OC)-c1ccc(N[C@@H](C(=O)Nc3ccc(C(N)=O)cc3)C(C)C)c(=O)cc1[C@H](NC(C)=O)CC2. The highest BCUT2D eigenvalue weighted by Gasteiger charge is 2.30. The zero-order valence-electron chi connectivity index (χ0n) is 25.7. The van der Waals surface area contributed by atoms with E-state index >= 15 is 0 Å². The Balaban J connectivity index is 1.81. The van der Waals surface area contributed by atoms with Crippen molar-refractivity contribution >= 4 is 29.1 Å². The van der Waals surface area contributed by atoms with E-state index in [4.69, 9.17) is 19.9 Å². The van der Waals surface area contributed by atoms with Crippen molar-refractivity contribution in [2.45, 2.75) is 45.7 Å². The molecule has 0 heterocycles. The fraction of sp³-hybridized carbons (Fsp3) is 0.333. The van der Waals surface area contributed by atoms with Crippen LogP contribution in [-0.2, 0) is 16.0 Å². The van der Waals surface area contributed by atoms with Crippen molar-refractivity contribution in [1.29, 1.82) is 0 Å². The summed E-state index contributed by atoms with van der Waals surface area (Å²) in [5.41, 5.74) is 8.89. The normalized spacial score (nSPS) is 14.3. The largest absolute Gasteiger partial charge is 0.493 e. The van der Waals surface area contributed by atoms with Crippen molar-refractivity contribution in [2.24, 2.45) is 11.7 Å². The van der Waals surface area contributed by atoms with Crippen LogP contribution in [0.4, 0.5) is 11.4 Å². The van der Waals surface area contributed by atoms with Crippen molar-refractivity contribution in [2.75, 3.05) is 32.0 Å². The molecule has 0 aliphatic heterocycles. The number of fused-ring (bicyclic) bond motifs is 3. The summed E-state index contributed by atoms with van der Waals surface area (Å²) in [5.74, 6) is -0.00328. The number of hydrogen-bond acceptors (Lipinski definition) is 8. The number of nitrogens with one attached hydrogen (secondary N) is 3. The Morgan fingerprint density at radius 1 is 0.932 bits per heavy atom. The molecule has 0 aromatic heterocycles. The number of benzene rings is 2. The number of nitrogens with two attached hydrogens (primary N) is 1. The molecule has 0 unspecified atom stereocenters. The van der Waals surface area contributed by atoms with Gasteiger partial charge in [0.25, 0.3) is 0 Å². The highest BCUT2D eigenvalue weighted by atomic mass is 16.5. The minimum Gasteiger partial charge on any atom is -0.493 e. The van der Waals surface area contributed by atoms with E-state index in [0.717, 1.165) is 11.1 Å². The summed E-state index contributed by atoms with van der Waals surface area (Å²) in [4.78, 5) is 50.7. The average molecular weight is 603 g/mol. The number of ether oxygens (including phenoxy) is 3. The molecule has 1 aliphatic rings. The van der Waals surface area contributed by atoms with Gasteiger partial charge in [-0.15, -0.1) is 0 Å². The first-order valence-electron chi connectivity index (χ1n) is 14.2. The molecule has 0 saturated heterocycles. The summed E-state index contributed by atoms with van der Waals surface area (Å²) in [6, 6.07) is 11.8. The third kappa shape index (κ3) is 6.61. The Bertz CT molecular complexity index is 1640. The van der Waals surface area contributed by atoms with Gasteiger partial charge in [-0.05, 0) is 77.9 Å². The average Bonchev–Trinajstić information content (AvgIpc) is 3.23. The van der Waals surface area contributed by atoms with Crippen LogP contribution in [0.15, 0.2) is 53.3 Å². The molecule has 3 aromatic rings. The number of anilines is 2. The molecular weight excluding hydrogens is 564 g/mol. The van der Waals surface area contributed by atoms with Crippen LogP contribution in [0.3, 0.4) is 0 Å². The number of amides is 3.